The maximum absolute atomic E-state index is 8.90. The molecule has 0 aliphatic carbocycles. The molecule has 1 rings (SSSR count). The second kappa shape index (κ2) is 5.04. The predicted octanol–water partition coefficient (Wildman–Crippen LogP) is 2.58. The van der Waals surface area contributed by atoms with Gasteiger partial charge in [-0.1, -0.05) is 25.5 Å². The lowest BCUT2D eigenvalue weighted by Gasteiger charge is -2.06. The highest BCUT2D eigenvalue weighted by Gasteiger charge is 2.06. The summed E-state index contributed by atoms with van der Waals surface area (Å²) in [5.41, 5.74) is 2.74. The molecule has 0 aliphatic rings. The molecule has 0 spiro atoms. The van der Waals surface area contributed by atoms with Gasteiger partial charge in [-0.2, -0.15) is 10.5 Å². The molecular formula is C12H12N2. The molecule has 0 fully saturated rings. The van der Waals surface area contributed by atoms with Crippen molar-refractivity contribution in [3.63, 3.8) is 0 Å². The fraction of sp³-hybridized carbons (Fsp3) is 0.333. The van der Waals surface area contributed by atoms with Gasteiger partial charge in [0.2, 0.25) is 0 Å². The van der Waals surface area contributed by atoms with E-state index in [1.165, 1.54) is 0 Å². The van der Waals surface area contributed by atoms with Crippen LogP contribution in [0.2, 0.25) is 0 Å². The highest BCUT2D eigenvalue weighted by Crippen LogP contribution is 2.16. The van der Waals surface area contributed by atoms with Crippen LogP contribution in [0.5, 0.6) is 0 Å². The van der Waals surface area contributed by atoms with Crippen molar-refractivity contribution >= 4 is 0 Å². The largest absolute Gasteiger partial charge is 0.198 e. The summed E-state index contributed by atoms with van der Waals surface area (Å²) in [6.07, 6.45) is 2.27. The molecule has 70 valence electrons. The number of benzene rings is 1. The van der Waals surface area contributed by atoms with Crippen molar-refractivity contribution in [3.05, 3.63) is 34.9 Å². The minimum atomic E-state index is 0.394. The molecule has 0 saturated heterocycles. The Morgan fingerprint density at radius 3 is 2.64 bits per heavy atom. The van der Waals surface area contributed by atoms with Crippen LogP contribution in [0, 0.1) is 22.7 Å². The zero-order valence-corrected chi connectivity index (χ0v) is 8.25. The topological polar surface area (TPSA) is 47.6 Å². The smallest absolute Gasteiger partial charge is 0.0994 e. The summed E-state index contributed by atoms with van der Waals surface area (Å²) in [6, 6.07) is 9.87. The molecule has 0 atom stereocenters. The monoisotopic (exact) mass is 184 g/mol. The summed E-state index contributed by atoms with van der Waals surface area (Å²) in [7, 11) is 0. The standard InChI is InChI=1S/C12H12N2/c1-2-4-12-10(7-8-13)5-3-6-11(12)9-14/h3,5-6H,2,4,7H2,1H3. The first-order valence-corrected chi connectivity index (χ1v) is 4.71. The average Bonchev–Trinajstić information content (AvgIpc) is 2.21. The normalized spacial score (nSPS) is 9.07. The van der Waals surface area contributed by atoms with E-state index in [2.05, 4.69) is 19.1 Å². The molecule has 1 aromatic rings. The van der Waals surface area contributed by atoms with Gasteiger partial charge in [-0.05, 0) is 23.6 Å². The summed E-state index contributed by atoms with van der Waals surface area (Å²) in [4.78, 5) is 0. The molecule has 1 aromatic carbocycles. The number of hydrogen-bond donors (Lipinski definition) is 0. The zero-order valence-electron chi connectivity index (χ0n) is 8.25. The zero-order chi connectivity index (χ0) is 10.4. The number of hydrogen-bond acceptors (Lipinski definition) is 2. The van der Waals surface area contributed by atoms with Gasteiger partial charge in [-0.15, -0.1) is 0 Å². The van der Waals surface area contributed by atoms with Crippen LogP contribution in [-0.4, -0.2) is 0 Å². The van der Waals surface area contributed by atoms with E-state index in [0.29, 0.717) is 12.0 Å². The first-order chi connectivity index (χ1) is 6.83. The Kier molecular flexibility index (Phi) is 3.70. The van der Waals surface area contributed by atoms with Crippen molar-refractivity contribution in [2.24, 2.45) is 0 Å². The van der Waals surface area contributed by atoms with Crippen LogP contribution in [0.4, 0.5) is 0 Å². The molecule has 0 unspecified atom stereocenters. The molecule has 0 heterocycles. The molecule has 14 heavy (non-hydrogen) atoms. The van der Waals surface area contributed by atoms with E-state index in [1.54, 1.807) is 0 Å². The van der Waals surface area contributed by atoms with Crippen LogP contribution in [-0.2, 0) is 12.8 Å². The second-order valence-corrected chi connectivity index (χ2v) is 3.14. The highest BCUT2D eigenvalue weighted by molar-refractivity contribution is 5.43. The second-order valence-electron chi connectivity index (χ2n) is 3.14. The lowest BCUT2D eigenvalue weighted by molar-refractivity contribution is 0.903. The number of nitriles is 2. The molecule has 2 nitrogen and oxygen atoms in total. The summed E-state index contributed by atoms with van der Waals surface area (Å²) in [6.45, 7) is 2.07. The Labute approximate surface area is 84.4 Å². The summed E-state index contributed by atoms with van der Waals surface area (Å²) in [5.74, 6) is 0. The Morgan fingerprint density at radius 2 is 2.07 bits per heavy atom. The van der Waals surface area contributed by atoms with Crippen LogP contribution in [0.25, 0.3) is 0 Å². The Bertz CT molecular complexity index is 394. The molecule has 2 heteroatoms. The summed E-state index contributed by atoms with van der Waals surface area (Å²) < 4.78 is 0. The molecule has 0 amide bonds. The van der Waals surface area contributed by atoms with Crippen molar-refractivity contribution in [1.82, 2.24) is 0 Å². The van der Waals surface area contributed by atoms with Gasteiger partial charge in [0.15, 0.2) is 0 Å². The Hall–Kier alpha value is -1.80. The van der Waals surface area contributed by atoms with E-state index < -0.39 is 0 Å². The van der Waals surface area contributed by atoms with Gasteiger partial charge in [0.25, 0.3) is 0 Å². The molecular weight excluding hydrogens is 172 g/mol. The van der Waals surface area contributed by atoms with E-state index >= 15 is 0 Å². The Morgan fingerprint density at radius 1 is 1.29 bits per heavy atom. The first kappa shape index (κ1) is 10.3. The fourth-order valence-corrected chi connectivity index (χ4v) is 1.54. The maximum Gasteiger partial charge on any atom is 0.0994 e. The summed E-state index contributed by atoms with van der Waals surface area (Å²) >= 11 is 0. The van der Waals surface area contributed by atoms with Crippen molar-refractivity contribution in [3.8, 4) is 12.1 Å². The minimum absolute atomic E-state index is 0.394. The van der Waals surface area contributed by atoms with Crippen molar-refractivity contribution in [2.75, 3.05) is 0 Å². The fourth-order valence-electron chi connectivity index (χ4n) is 1.54. The SMILES string of the molecule is CCCc1c(C#N)cccc1CC#N. The molecule has 0 aromatic heterocycles. The third kappa shape index (κ3) is 2.12. The van der Waals surface area contributed by atoms with Crippen LogP contribution >= 0.6 is 0 Å². The van der Waals surface area contributed by atoms with Crippen molar-refractivity contribution < 1.29 is 0 Å². The number of rotatable bonds is 3. The molecule has 0 bridgehead atoms. The predicted molar refractivity (Wildman–Crippen MR) is 54.5 cm³/mol. The first-order valence-electron chi connectivity index (χ1n) is 4.71. The quantitative estimate of drug-likeness (QED) is 0.724. The van der Waals surface area contributed by atoms with E-state index in [1.807, 2.05) is 18.2 Å². The van der Waals surface area contributed by atoms with E-state index in [4.69, 9.17) is 10.5 Å². The lowest BCUT2D eigenvalue weighted by atomic mass is 9.96. The Balaban J connectivity index is 3.16. The van der Waals surface area contributed by atoms with Crippen LogP contribution in [0.3, 0.4) is 0 Å². The van der Waals surface area contributed by atoms with E-state index in [-0.39, 0.29) is 0 Å². The van der Waals surface area contributed by atoms with Crippen molar-refractivity contribution in [1.29, 1.82) is 10.5 Å². The van der Waals surface area contributed by atoms with Crippen LogP contribution < -0.4 is 0 Å². The number of nitrogens with zero attached hydrogens (tertiary/aromatic N) is 2. The lowest BCUT2D eigenvalue weighted by Crippen LogP contribution is -1.96. The van der Waals surface area contributed by atoms with Gasteiger partial charge in [0.1, 0.15) is 0 Å². The van der Waals surface area contributed by atoms with Crippen LogP contribution in [0.15, 0.2) is 18.2 Å². The van der Waals surface area contributed by atoms with Gasteiger partial charge in [0.05, 0.1) is 24.1 Å². The van der Waals surface area contributed by atoms with Crippen molar-refractivity contribution in [2.45, 2.75) is 26.2 Å². The van der Waals surface area contributed by atoms with Gasteiger partial charge >= 0.3 is 0 Å². The van der Waals surface area contributed by atoms with E-state index in [9.17, 15) is 0 Å². The third-order valence-electron chi connectivity index (χ3n) is 2.16. The molecule has 0 aliphatic heterocycles. The molecule has 0 N–H and O–H groups in total. The summed E-state index contributed by atoms with van der Waals surface area (Å²) in [5, 5.41) is 17.5. The van der Waals surface area contributed by atoms with E-state index in [0.717, 1.165) is 24.0 Å². The van der Waals surface area contributed by atoms with Gasteiger partial charge in [-0.25, -0.2) is 0 Å². The molecule has 0 saturated carbocycles. The van der Waals surface area contributed by atoms with Gasteiger partial charge < -0.3 is 0 Å². The van der Waals surface area contributed by atoms with Crippen LogP contribution in [0.1, 0.15) is 30.0 Å². The van der Waals surface area contributed by atoms with Gasteiger partial charge in [0, 0.05) is 0 Å². The minimum Gasteiger partial charge on any atom is -0.198 e. The highest BCUT2D eigenvalue weighted by atomic mass is 14.3. The molecule has 0 radical (unpaired) electrons. The van der Waals surface area contributed by atoms with Gasteiger partial charge in [-0.3, -0.25) is 0 Å². The average molecular weight is 184 g/mol. The third-order valence-corrected chi connectivity index (χ3v) is 2.16. The maximum atomic E-state index is 8.90.